The maximum absolute atomic E-state index is 4.44. The molecule has 2 heterocycles. The molecule has 1 aromatic heterocycles. The van der Waals surface area contributed by atoms with Gasteiger partial charge in [-0.05, 0) is 63.6 Å². The molecule has 2 nitrogen and oxygen atoms in total. The third-order valence-corrected chi connectivity index (χ3v) is 4.22. The van der Waals surface area contributed by atoms with E-state index in [0.717, 1.165) is 20.4 Å². The van der Waals surface area contributed by atoms with Crippen molar-refractivity contribution in [1.82, 2.24) is 10.3 Å². The van der Waals surface area contributed by atoms with Crippen LogP contribution in [0.5, 0.6) is 0 Å². The predicted octanol–water partition coefficient (Wildman–Crippen LogP) is 2.48. The summed E-state index contributed by atoms with van der Waals surface area (Å²) < 4.78 is 2.12. The molecule has 0 aliphatic carbocycles. The minimum Gasteiger partial charge on any atom is -0.309 e. The predicted molar refractivity (Wildman–Crippen MR) is 60.0 cm³/mol. The summed E-state index contributed by atoms with van der Waals surface area (Å²) in [5.74, 6) is 0. The molecule has 12 heavy (non-hydrogen) atoms. The van der Waals surface area contributed by atoms with E-state index < -0.39 is 0 Å². The summed E-state index contributed by atoms with van der Waals surface area (Å²) in [6.07, 6.45) is 1.21. The Kier molecular flexibility index (Phi) is 2.66. The van der Waals surface area contributed by atoms with Crippen molar-refractivity contribution in [2.24, 2.45) is 0 Å². The zero-order chi connectivity index (χ0) is 8.55. The first-order valence-electron chi connectivity index (χ1n) is 3.83. The number of nitrogens with zero attached hydrogens (tertiary/aromatic N) is 1. The molecule has 1 saturated heterocycles. The van der Waals surface area contributed by atoms with E-state index in [2.05, 4.69) is 61.0 Å². The lowest BCUT2D eigenvalue weighted by Gasteiger charge is -2.27. The Hall–Kier alpha value is 0.320. The van der Waals surface area contributed by atoms with Crippen molar-refractivity contribution in [3.8, 4) is 0 Å². The van der Waals surface area contributed by atoms with Gasteiger partial charge in [-0.1, -0.05) is 0 Å². The second-order valence-electron chi connectivity index (χ2n) is 2.80. The maximum atomic E-state index is 4.44. The molecule has 4 heteroatoms. The van der Waals surface area contributed by atoms with Gasteiger partial charge < -0.3 is 5.32 Å². The number of aromatic nitrogens is 1. The van der Waals surface area contributed by atoms with E-state index in [1.807, 2.05) is 0 Å². The Labute approximate surface area is 93.4 Å². The molecule has 1 aliphatic rings. The second-order valence-corrected chi connectivity index (χ2v) is 4.72. The van der Waals surface area contributed by atoms with Gasteiger partial charge in [0, 0.05) is 3.57 Å². The number of hydrogen-bond donors (Lipinski definition) is 1. The number of rotatable bonds is 1. The van der Waals surface area contributed by atoms with Crippen LogP contribution >= 0.6 is 38.5 Å². The zero-order valence-corrected chi connectivity index (χ0v) is 10.1. The quantitative estimate of drug-likeness (QED) is 0.628. The third-order valence-electron chi connectivity index (χ3n) is 2.01. The minimum absolute atomic E-state index is 0.485. The fraction of sp³-hybridized carbons (Fsp3) is 0.375. The second kappa shape index (κ2) is 3.59. The third kappa shape index (κ3) is 1.65. The summed E-state index contributed by atoms with van der Waals surface area (Å²) >= 11 is 5.69. The highest BCUT2D eigenvalue weighted by Gasteiger charge is 2.19. The van der Waals surface area contributed by atoms with Crippen LogP contribution in [-0.2, 0) is 0 Å². The first kappa shape index (κ1) is 8.90. The molecule has 0 unspecified atom stereocenters. The van der Waals surface area contributed by atoms with Gasteiger partial charge in [-0.2, -0.15) is 0 Å². The molecule has 1 aliphatic heterocycles. The van der Waals surface area contributed by atoms with Gasteiger partial charge in [0.15, 0.2) is 0 Å². The van der Waals surface area contributed by atoms with Crippen molar-refractivity contribution in [2.45, 2.75) is 12.5 Å². The first-order valence-corrected chi connectivity index (χ1v) is 5.70. The average Bonchev–Trinajstić information content (AvgIpc) is 1.93. The summed E-state index contributed by atoms with van der Waals surface area (Å²) in [5, 5.41) is 3.32. The van der Waals surface area contributed by atoms with E-state index >= 15 is 0 Å². The Bertz CT molecular complexity index is 299. The van der Waals surface area contributed by atoms with Crippen LogP contribution in [0.15, 0.2) is 16.7 Å². The Morgan fingerprint density at radius 2 is 2.33 bits per heavy atom. The van der Waals surface area contributed by atoms with E-state index in [-0.39, 0.29) is 0 Å². The molecule has 0 aromatic carbocycles. The van der Waals surface area contributed by atoms with Crippen molar-refractivity contribution in [3.63, 3.8) is 0 Å². The molecule has 1 atom stereocenters. The monoisotopic (exact) mass is 338 g/mol. The number of nitrogens with one attached hydrogen (secondary N) is 1. The van der Waals surface area contributed by atoms with Crippen molar-refractivity contribution >= 4 is 38.5 Å². The van der Waals surface area contributed by atoms with Gasteiger partial charge in [-0.3, -0.25) is 0 Å². The number of hydrogen-bond acceptors (Lipinski definition) is 2. The van der Waals surface area contributed by atoms with Crippen LogP contribution in [0.2, 0.25) is 0 Å². The highest BCUT2D eigenvalue weighted by Crippen LogP contribution is 2.24. The van der Waals surface area contributed by atoms with E-state index in [9.17, 15) is 0 Å². The van der Waals surface area contributed by atoms with Crippen molar-refractivity contribution < 1.29 is 0 Å². The topological polar surface area (TPSA) is 24.9 Å². The van der Waals surface area contributed by atoms with Gasteiger partial charge in [-0.25, -0.2) is 4.98 Å². The van der Waals surface area contributed by atoms with E-state index in [0.29, 0.717) is 6.04 Å². The van der Waals surface area contributed by atoms with Crippen molar-refractivity contribution in [2.75, 3.05) is 6.54 Å². The van der Waals surface area contributed by atoms with Gasteiger partial charge in [0.2, 0.25) is 0 Å². The molecule has 1 fully saturated rings. The van der Waals surface area contributed by atoms with E-state index in [1.165, 1.54) is 6.42 Å². The summed E-state index contributed by atoms with van der Waals surface area (Å²) in [5.41, 5.74) is 1.15. The molecule has 1 N–H and O–H groups in total. The summed E-state index contributed by atoms with van der Waals surface area (Å²) in [6.45, 7) is 1.12. The molecule has 64 valence electrons. The van der Waals surface area contributed by atoms with Gasteiger partial charge in [0.25, 0.3) is 0 Å². The zero-order valence-electron chi connectivity index (χ0n) is 6.35. The molecule has 0 bridgehead atoms. The molecule has 0 saturated carbocycles. The Morgan fingerprint density at radius 3 is 2.83 bits per heavy atom. The van der Waals surface area contributed by atoms with Crippen molar-refractivity contribution in [1.29, 1.82) is 0 Å². The lowest BCUT2D eigenvalue weighted by atomic mass is 10.0. The Balaban J connectivity index is 2.27. The summed E-state index contributed by atoms with van der Waals surface area (Å²) in [7, 11) is 0. The van der Waals surface area contributed by atoms with E-state index in [1.54, 1.807) is 0 Å². The lowest BCUT2D eigenvalue weighted by Crippen LogP contribution is -2.35. The van der Waals surface area contributed by atoms with Crippen LogP contribution in [0.4, 0.5) is 0 Å². The number of halogens is 2. The van der Waals surface area contributed by atoms with Crippen LogP contribution in [0.3, 0.4) is 0 Å². The van der Waals surface area contributed by atoms with Crippen molar-refractivity contribution in [3.05, 3.63) is 26.0 Å². The molecule has 0 spiro atoms. The van der Waals surface area contributed by atoms with Crippen LogP contribution in [0.1, 0.15) is 18.2 Å². The highest BCUT2D eigenvalue weighted by molar-refractivity contribution is 14.1. The molecule has 0 radical (unpaired) electrons. The highest BCUT2D eigenvalue weighted by atomic mass is 127. The van der Waals surface area contributed by atoms with Gasteiger partial charge in [0.1, 0.15) is 4.60 Å². The summed E-state index contributed by atoms with van der Waals surface area (Å²) in [4.78, 5) is 4.44. The van der Waals surface area contributed by atoms with Crippen LogP contribution < -0.4 is 5.32 Å². The SMILES string of the molecule is Brc1nc([C@H]2CCN2)ccc1I. The van der Waals surface area contributed by atoms with E-state index in [4.69, 9.17) is 0 Å². The first-order chi connectivity index (χ1) is 5.77. The number of pyridine rings is 1. The maximum Gasteiger partial charge on any atom is 0.119 e. The molecular weight excluding hydrogens is 331 g/mol. The van der Waals surface area contributed by atoms with Crippen LogP contribution in [-0.4, -0.2) is 11.5 Å². The van der Waals surface area contributed by atoms with Gasteiger partial charge in [-0.15, -0.1) is 0 Å². The summed E-state index contributed by atoms with van der Waals surface area (Å²) in [6, 6.07) is 4.66. The fourth-order valence-corrected chi connectivity index (χ4v) is 1.80. The van der Waals surface area contributed by atoms with Crippen LogP contribution in [0, 0.1) is 3.57 Å². The molecule has 1 aromatic rings. The average molecular weight is 339 g/mol. The lowest BCUT2D eigenvalue weighted by molar-refractivity contribution is 0.374. The normalized spacial score (nSPS) is 22.0. The van der Waals surface area contributed by atoms with Gasteiger partial charge >= 0.3 is 0 Å². The Morgan fingerprint density at radius 1 is 1.58 bits per heavy atom. The smallest absolute Gasteiger partial charge is 0.119 e. The van der Waals surface area contributed by atoms with Gasteiger partial charge in [0.05, 0.1) is 11.7 Å². The molecule has 2 rings (SSSR count). The van der Waals surface area contributed by atoms with Crippen LogP contribution in [0.25, 0.3) is 0 Å². The minimum atomic E-state index is 0.485. The molecule has 0 amide bonds. The fourth-order valence-electron chi connectivity index (χ4n) is 1.17. The standard InChI is InChI=1S/C8H8BrIN2/c9-8-5(10)1-2-7(12-8)6-3-4-11-6/h1-2,6,11H,3-4H2/t6-/m1/s1. The largest absolute Gasteiger partial charge is 0.309 e. The molecular formula is C8H8BrIN2.